The molecule has 4 nitrogen and oxygen atoms in total. The number of hydrogen-bond donors (Lipinski definition) is 1. The maximum atomic E-state index is 12.0. The summed E-state index contributed by atoms with van der Waals surface area (Å²) in [6.07, 6.45) is 3.78. The molecule has 18 heavy (non-hydrogen) atoms. The first-order valence-corrected chi connectivity index (χ1v) is 7.02. The van der Waals surface area contributed by atoms with Crippen LogP contribution in [0.3, 0.4) is 0 Å². The van der Waals surface area contributed by atoms with E-state index in [4.69, 9.17) is 10.5 Å². The number of carbonyl (C=O) groups excluding carboxylic acids is 1. The summed E-state index contributed by atoms with van der Waals surface area (Å²) < 4.78 is 5.73. The SMILES string of the molecule is CC(C)(C)CC(=O)N1CCC(OCCCN)CC1. The van der Waals surface area contributed by atoms with Gasteiger partial charge in [-0.3, -0.25) is 4.79 Å². The Hall–Kier alpha value is -0.610. The zero-order chi connectivity index (χ0) is 13.6. The molecule has 0 aliphatic carbocycles. The monoisotopic (exact) mass is 256 g/mol. The van der Waals surface area contributed by atoms with Crippen LogP contribution in [0.25, 0.3) is 0 Å². The van der Waals surface area contributed by atoms with Crippen LogP contribution in [-0.2, 0) is 9.53 Å². The summed E-state index contributed by atoms with van der Waals surface area (Å²) in [5, 5.41) is 0. The normalized spacial score (nSPS) is 18.1. The Balaban J connectivity index is 2.24. The Bertz CT molecular complexity index is 253. The van der Waals surface area contributed by atoms with Gasteiger partial charge >= 0.3 is 0 Å². The van der Waals surface area contributed by atoms with Gasteiger partial charge in [0.05, 0.1) is 6.10 Å². The maximum absolute atomic E-state index is 12.0. The number of hydrogen-bond acceptors (Lipinski definition) is 3. The minimum atomic E-state index is 0.0750. The van der Waals surface area contributed by atoms with E-state index < -0.39 is 0 Å². The lowest BCUT2D eigenvalue weighted by Crippen LogP contribution is -2.42. The third kappa shape index (κ3) is 5.83. The van der Waals surface area contributed by atoms with Crippen LogP contribution in [0.1, 0.15) is 46.5 Å². The van der Waals surface area contributed by atoms with Crippen LogP contribution in [0, 0.1) is 5.41 Å². The summed E-state index contributed by atoms with van der Waals surface area (Å²) in [7, 11) is 0. The van der Waals surface area contributed by atoms with Crippen molar-refractivity contribution >= 4 is 5.91 Å². The Labute approximate surface area is 111 Å². The lowest BCUT2D eigenvalue weighted by molar-refractivity contribution is -0.135. The van der Waals surface area contributed by atoms with Crippen molar-refractivity contribution in [3.05, 3.63) is 0 Å². The molecule has 0 saturated carbocycles. The van der Waals surface area contributed by atoms with Gasteiger partial charge in [0.2, 0.25) is 5.91 Å². The molecule has 106 valence electrons. The molecule has 4 heteroatoms. The van der Waals surface area contributed by atoms with Crippen LogP contribution in [0.5, 0.6) is 0 Å². The molecule has 0 bridgehead atoms. The number of nitrogens with two attached hydrogens (primary N) is 1. The van der Waals surface area contributed by atoms with Crippen LogP contribution in [0.4, 0.5) is 0 Å². The van der Waals surface area contributed by atoms with Crippen molar-refractivity contribution in [2.24, 2.45) is 11.1 Å². The number of carbonyl (C=O) groups is 1. The molecule has 0 atom stereocenters. The minimum absolute atomic E-state index is 0.0750. The highest BCUT2D eigenvalue weighted by Crippen LogP contribution is 2.22. The van der Waals surface area contributed by atoms with Crippen molar-refractivity contribution in [2.75, 3.05) is 26.2 Å². The van der Waals surface area contributed by atoms with E-state index in [2.05, 4.69) is 20.8 Å². The van der Waals surface area contributed by atoms with Gasteiger partial charge in [0.1, 0.15) is 0 Å². The fourth-order valence-electron chi connectivity index (χ4n) is 2.17. The van der Waals surface area contributed by atoms with Crippen LogP contribution in [-0.4, -0.2) is 43.2 Å². The molecule has 0 aromatic rings. The van der Waals surface area contributed by atoms with Gasteiger partial charge in [-0.05, 0) is 31.2 Å². The van der Waals surface area contributed by atoms with Crippen molar-refractivity contribution in [1.82, 2.24) is 4.90 Å². The summed E-state index contributed by atoms with van der Waals surface area (Å²) in [6, 6.07) is 0. The first kappa shape index (κ1) is 15.4. The Morgan fingerprint density at radius 1 is 1.33 bits per heavy atom. The maximum Gasteiger partial charge on any atom is 0.223 e. The Morgan fingerprint density at radius 3 is 2.44 bits per heavy atom. The molecule has 1 aliphatic rings. The summed E-state index contributed by atoms with van der Waals surface area (Å²) in [4.78, 5) is 14.0. The Morgan fingerprint density at radius 2 is 1.94 bits per heavy atom. The van der Waals surface area contributed by atoms with Gasteiger partial charge < -0.3 is 15.4 Å². The number of likely N-dealkylation sites (tertiary alicyclic amines) is 1. The molecule has 0 spiro atoms. The second-order valence-corrected chi connectivity index (χ2v) is 6.33. The summed E-state index contributed by atoms with van der Waals surface area (Å²) in [5.74, 6) is 0.280. The first-order valence-electron chi connectivity index (χ1n) is 7.02. The molecule has 1 rings (SSSR count). The predicted molar refractivity (Wildman–Crippen MR) is 73.3 cm³/mol. The summed E-state index contributed by atoms with van der Waals surface area (Å²) >= 11 is 0. The highest BCUT2D eigenvalue weighted by atomic mass is 16.5. The molecular weight excluding hydrogens is 228 g/mol. The third-order valence-corrected chi connectivity index (χ3v) is 3.18. The van der Waals surface area contributed by atoms with Gasteiger partial charge in [0, 0.05) is 26.1 Å². The fraction of sp³-hybridized carbons (Fsp3) is 0.929. The molecular formula is C14H28N2O2. The molecule has 0 aromatic carbocycles. The van der Waals surface area contributed by atoms with Crippen LogP contribution in [0.15, 0.2) is 0 Å². The second-order valence-electron chi connectivity index (χ2n) is 6.33. The molecule has 1 fully saturated rings. The third-order valence-electron chi connectivity index (χ3n) is 3.18. The van der Waals surface area contributed by atoms with Gasteiger partial charge in [0.25, 0.3) is 0 Å². The molecule has 0 radical (unpaired) electrons. The van der Waals surface area contributed by atoms with Gasteiger partial charge in [-0.1, -0.05) is 20.8 Å². The smallest absolute Gasteiger partial charge is 0.223 e. The van der Waals surface area contributed by atoms with E-state index in [-0.39, 0.29) is 11.3 Å². The molecule has 2 N–H and O–H groups in total. The van der Waals surface area contributed by atoms with Gasteiger partial charge in [0.15, 0.2) is 0 Å². The van der Waals surface area contributed by atoms with E-state index in [9.17, 15) is 4.79 Å². The number of piperidine rings is 1. The quantitative estimate of drug-likeness (QED) is 0.763. The molecule has 1 amide bonds. The summed E-state index contributed by atoms with van der Waals surface area (Å²) in [5.41, 5.74) is 5.51. The van der Waals surface area contributed by atoms with Crippen molar-refractivity contribution in [3.63, 3.8) is 0 Å². The van der Waals surface area contributed by atoms with Crippen molar-refractivity contribution < 1.29 is 9.53 Å². The number of nitrogens with zero attached hydrogens (tertiary/aromatic N) is 1. The zero-order valence-corrected chi connectivity index (χ0v) is 12.1. The van der Waals surface area contributed by atoms with Crippen LogP contribution >= 0.6 is 0 Å². The van der Waals surface area contributed by atoms with E-state index in [1.807, 2.05) is 4.90 Å². The highest BCUT2D eigenvalue weighted by molar-refractivity contribution is 5.76. The number of rotatable bonds is 5. The topological polar surface area (TPSA) is 55.6 Å². The van der Waals surface area contributed by atoms with Gasteiger partial charge in [-0.2, -0.15) is 0 Å². The molecule has 1 heterocycles. The molecule has 1 aliphatic heterocycles. The van der Waals surface area contributed by atoms with Crippen LogP contribution < -0.4 is 5.73 Å². The second kappa shape index (κ2) is 7.10. The van der Waals surface area contributed by atoms with E-state index in [1.54, 1.807) is 0 Å². The van der Waals surface area contributed by atoms with Crippen LogP contribution in [0.2, 0.25) is 0 Å². The minimum Gasteiger partial charge on any atom is -0.378 e. The lowest BCUT2D eigenvalue weighted by atomic mass is 9.91. The average molecular weight is 256 g/mol. The van der Waals surface area contributed by atoms with Gasteiger partial charge in [-0.25, -0.2) is 0 Å². The standard InChI is InChI=1S/C14H28N2O2/c1-14(2,3)11-13(17)16-8-5-12(6-9-16)18-10-4-7-15/h12H,4-11,15H2,1-3H3. The molecule has 0 unspecified atom stereocenters. The van der Waals surface area contributed by atoms with E-state index in [1.165, 1.54) is 0 Å². The molecule has 1 saturated heterocycles. The van der Waals surface area contributed by atoms with Crippen molar-refractivity contribution in [3.8, 4) is 0 Å². The predicted octanol–water partition coefficient (Wildman–Crippen LogP) is 1.78. The number of amides is 1. The largest absolute Gasteiger partial charge is 0.378 e. The van der Waals surface area contributed by atoms with Gasteiger partial charge in [-0.15, -0.1) is 0 Å². The van der Waals surface area contributed by atoms with Crippen molar-refractivity contribution in [2.45, 2.75) is 52.6 Å². The highest BCUT2D eigenvalue weighted by Gasteiger charge is 2.25. The average Bonchev–Trinajstić information content (AvgIpc) is 2.28. The number of ether oxygens (including phenoxy) is 1. The zero-order valence-electron chi connectivity index (χ0n) is 12.1. The fourth-order valence-corrected chi connectivity index (χ4v) is 2.17. The molecule has 0 aromatic heterocycles. The van der Waals surface area contributed by atoms with Crippen molar-refractivity contribution in [1.29, 1.82) is 0 Å². The summed E-state index contributed by atoms with van der Waals surface area (Å²) in [6.45, 7) is 9.42. The first-order chi connectivity index (χ1) is 8.42. The van der Waals surface area contributed by atoms with E-state index in [0.717, 1.165) is 39.0 Å². The lowest BCUT2D eigenvalue weighted by Gasteiger charge is -2.33. The van der Waals surface area contributed by atoms with E-state index >= 15 is 0 Å². The Kier molecular flexibility index (Phi) is 6.09. The van der Waals surface area contributed by atoms with E-state index in [0.29, 0.717) is 19.1 Å².